The molecule has 0 spiro atoms. The maximum Gasteiger partial charge on any atom is 0.323 e. The zero-order valence-corrected chi connectivity index (χ0v) is 8.61. The number of hydrogen-bond donors (Lipinski definition) is 2. The maximum absolute atomic E-state index is 11.3. The fourth-order valence-electron chi connectivity index (χ4n) is 1.97. The average Bonchev–Trinajstić information content (AvgIpc) is 2.18. The average molecular weight is 201 g/mol. The third kappa shape index (κ3) is 2.69. The van der Waals surface area contributed by atoms with E-state index in [9.17, 15) is 9.90 Å². The van der Waals surface area contributed by atoms with Crippen LogP contribution in [0.5, 0.6) is 0 Å². The van der Waals surface area contributed by atoms with E-state index in [1.165, 1.54) is 0 Å². The van der Waals surface area contributed by atoms with E-state index in [4.69, 9.17) is 10.5 Å². The standard InChI is InChI=1S/C10H19NO3/c1-2-14-10(13)9(11)7-5-3-4-6-8(7)12/h7-9,12H,2-6,11H2,1H3. The summed E-state index contributed by atoms with van der Waals surface area (Å²) in [5.74, 6) is -0.513. The Morgan fingerprint density at radius 1 is 1.57 bits per heavy atom. The molecule has 0 aromatic rings. The molecule has 4 heteroatoms. The number of aliphatic hydroxyl groups excluding tert-OH is 1. The molecule has 4 nitrogen and oxygen atoms in total. The van der Waals surface area contributed by atoms with Crippen molar-refractivity contribution in [1.29, 1.82) is 0 Å². The van der Waals surface area contributed by atoms with Crippen LogP contribution in [0.1, 0.15) is 32.6 Å². The quantitative estimate of drug-likeness (QED) is 0.649. The van der Waals surface area contributed by atoms with Crippen molar-refractivity contribution < 1.29 is 14.6 Å². The first-order valence-corrected chi connectivity index (χ1v) is 5.27. The Labute approximate surface area is 84.4 Å². The first-order chi connectivity index (χ1) is 6.66. The third-order valence-electron chi connectivity index (χ3n) is 2.80. The van der Waals surface area contributed by atoms with Gasteiger partial charge < -0.3 is 15.6 Å². The van der Waals surface area contributed by atoms with Crippen molar-refractivity contribution in [2.75, 3.05) is 6.61 Å². The molecule has 0 aromatic carbocycles. The van der Waals surface area contributed by atoms with Gasteiger partial charge in [-0.25, -0.2) is 0 Å². The van der Waals surface area contributed by atoms with Gasteiger partial charge in [0.1, 0.15) is 6.04 Å². The SMILES string of the molecule is CCOC(=O)C(N)C1CCCCC1O. The van der Waals surface area contributed by atoms with E-state index in [0.29, 0.717) is 6.61 Å². The highest BCUT2D eigenvalue weighted by Gasteiger charge is 2.33. The number of aliphatic hydroxyl groups is 1. The van der Waals surface area contributed by atoms with Gasteiger partial charge in [-0.2, -0.15) is 0 Å². The summed E-state index contributed by atoms with van der Waals surface area (Å²) in [7, 11) is 0. The molecule has 1 aliphatic rings. The zero-order valence-electron chi connectivity index (χ0n) is 8.61. The summed E-state index contributed by atoms with van der Waals surface area (Å²) in [6.07, 6.45) is 3.18. The second kappa shape index (κ2) is 5.32. The van der Waals surface area contributed by atoms with Crippen LogP contribution >= 0.6 is 0 Å². The molecule has 1 fully saturated rings. The molecule has 0 aliphatic heterocycles. The first-order valence-electron chi connectivity index (χ1n) is 5.27. The van der Waals surface area contributed by atoms with E-state index in [2.05, 4.69) is 0 Å². The number of carbonyl (C=O) groups excluding carboxylic acids is 1. The molecular formula is C10H19NO3. The lowest BCUT2D eigenvalue weighted by atomic mass is 9.82. The molecule has 1 saturated carbocycles. The van der Waals surface area contributed by atoms with E-state index in [0.717, 1.165) is 25.7 Å². The largest absolute Gasteiger partial charge is 0.465 e. The summed E-state index contributed by atoms with van der Waals surface area (Å²) >= 11 is 0. The van der Waals surface area contributed by atoms with Crippen LogP contribution in [0.4, 0.5) is 0 Å². The van der Waals surface area contributed by atoms with Gasteiger partial charge in [-0.3, -0.25) is 4.79 Å². The fourth-order valence-corrected chi connectivity index (χ4v) is 1.97. The lowest BCUT2D eigenvalue weighted by molar-refractivity contribution is -0.147. The summed E-state index contributed by atoms with van der Waals surface area (Å²) < 4.78 is 4.83. The van der Waals surface area contributed by atoms with Crippen molar-refractivity contribution in [3.63, 3.8) is 0 Å². The topological polar surface area (TPSA) is 72.5 Å². The molecule has 0 saturated heterocycles. The van der Waals surface area contributed by atoms with Crippen molar-refractivity contribution in [1.82, 2.24) is 0 Å². The zero-order chi connectivity index (χ0) is 10.6. The molecule has 0 bridgehead atoms. The molecule has 1 aliphatic carbocycles. The first kappa shape index (κ1) is 11.5. The second-order valence-corrected chi connectivity index (χ2v) is 3.79. The van der Waals surface area contributed by atoms with Crippen molar-refractivity contribution in [2.45, 2.75) is 44.8 Å². The fraction of sp³-hybridized carbons (Fsp3) is 0.900. The minimum atomic E-state index is -0.662. The summed E-state index contributed by atoms with van der Waals surface area (Å²) in [4.78, 5) is 11.3. The number of carbonyl (C=O) groups is 1. The third-order valence-corrected chi connectivity index (χ3v) is 2.80. The van der Waals surface area contributed by atoms with Crippen LogP contribution in [0.2, 0.25) is 0 Å². The van der Waals surface area contributed by atoms with Crippen molar-refractivity contribution in [3.8, 4) is 0 Å². The summed E-state index contributed by atoms with van der Waals surface area (Å²) in [5.41, 5.74) is 5.73. The molecule has 82 valence electrons. The van der Waals surface area contributed by atoms with E-state index >= 15 is 0 Å². The van der Waals surface area contributed by atoms with Crippen molar-refractivity contribution in [2.24, 2.45) is 11.7 Å². The van der Waals surface area contributed by atoms with Gasteiger partial charge in [-0.05, 0) is 19.8 Å². The highest BCUT2D eigenvalue weighted by Crippen LogP contribution is 2.26. The Bertz CT molecular complexity index is 196. The lowest BCUT2D eigenvalue weighted by Crippen LogP contribution is -2.46. The Morgan fingerprint density at radius 2 is 2.21 bits per heavy atom. The van der Waals surface area contributed by atoms with Gasteiger partial charge >= 0.3 is 5.97 Å². The molecule has 3 N–H and O–H groups in total. The number of ether oxygens (including phenoxy) is 1. The van der Waals surface area contributed by atoms with Crippen LogP contribution in [-0.2, 0) is 9.53 Å². The predicted octanol–water partition coefficient (Wildman–Crippen LogP) is 0.428. The van der Waals surface area contributed by atoms with Crippen LogP contribution in [0.3, 0.4) is 0 Å². The van der Waals surface area contributed by atoms with Crippen molar-refractivity contribution in [3.05, 3.63) is 0 Å². The Hall–Kier alpha value is -0.610. The predicted molar refractivity (Wildman–Crippen MR) is 52.6 cm³/mol. The number of hydrogen-bond acceptors (Lipinski definition) is 4. The van der Waals surface area contributed by atoms with Gasteiger partial charge in [0.25, 0.3) is 0 Å². The maximum atomic E-state index is 11.3. The smallest absolute Gasteiger partial charge is 0.323 e. The van der Waals surface area contributed by atoms with Crippen LogP contribution < -0.4 is 5.73 Å². The molecule has 0 heterocycles. The van der Waals surface area contributed by atoms with Gasteiger partial charge in [0, 0.05) is 5.92 Å². The molecule has 1 rings (SSSR count). The Balaban J connectivity index is 2.48. The monoisotopic (exact) mass is 201 g/mol. The van der Waals surface area contributed by atoms with Crippen LogP contribution in [0.25, 0.3) is 0 Å². The van der Waals surface area contributed by atoms with Gasteiger partial charge in [0.2, 0.25) is 0 Å². The highest BCUT2D eigenvalue weighted by atomic mass is 16.5. The number of esters is 1. The van der Waals surface area contributed by atoms with Gasteiger partial charge in [-0.15, -0.1) is 0 Å². The normalized spacial score (nSPS) is 29.6. The van der Waals surface area contributed by atoms with Gasteiger partial charge in [0.15, 0.2) is 0 Å². The molecule has 0 radical (unpaired) electrons. The highest BCUT2D eigenvalue weighted by molar-refractivity contribution is 5.75. The van der Waals surface area contributed by atoms with Crippen LogP contribution in [0.15, 0.2) is 0 Å². The number of rotatable bonds is 3. The van der Waals surface area contributed by atoms with Gasteiger partial charge in [0.05, 0.1) is 12.7 Å². The summed E-state index contributed by atoms with van der Waals surface area (Å²) in [6, 6.07) is -0.662. The van der Waals surface area contributed by atoms with Crippen LogP contribution in [-0.4, -0.2) is 29.8 Å². The van der Waals surface area contributed by atoms with Crippen LogP contribution in [0, 0.1) is 5.92 Å². The Kier molecular flexibility index (Phi) is 4.35. The van der Waals surface area contributed by atoms with E-state index < -0.39 is 18.1 Å². The molecular weight excluding hydrogens is 182 g/mol. The lowest BCUT2D eigenvalue weighted by Gasteiger charge is -2.30. The second-order valence-electron chi connectivity index (χ2n) is 3.79. The number of nitrogens with two attached hydrogens (primary N) is 1. The summed E-state index contributed by atoms with van der Waals surface area (Å²) in [6.45, 7) is 2.09. The minimum Gasteiger partial charge on any atom is -0.465 e. The molecule has 0 amide bonds. The Morgan fingerprint density at radius 3 is 2.79 bits per heavy atom. The molecule has 0 aromatic heterocycles. The van der Waals surface area contributed by atoms with Gasteiger partial charge in [-0.1, -0.05) is 12.8 Å². The van der Waals surface area contributed by atoms with Crippen molar-refractivity contribution >= 4 is 5.97 Å². The molecule has 14 heavy (non-hydrogen) atoms. The van der Waals surface area contributed by atoms with E-state index in [1.54, 1.807) is 6.92 Å². The summed E-state index contributed by atoms with van der Waals surface area (Å²) in [5, 5.41) is 9.67. The minimum absolute atomic E-state index is 0.122. The van der Waals surface area contributed by atoms with E-state index in [1.807, 2.05) is 0 Å². The molecule has 3 atom stereocenters. The van der Waals surface area contributed by atoms with E-state index in [-0.39, 0.29) is 5.92 Å². The molecule has 3 unspecified atom stereocenters.